The van der Waals surface area contributed by atoms with Gasteiger partial charge in [0.1, 0.15) is 5.82 Å². The Kier molecular flexibility index (Phi) is 3.12. The molecule has 0 aliphatic carbocycles. The minimum absolute atomic E-state index is 0.119. The van der Waals surface area contributed by atoms with Crippen LogP contribution >= 0.6 is 0 Å². The molecule has 1 aliphatic rings. The van der Waals surface area contributed by atoms with E-state index in [0.29, 0.717) is 23.6 Å². The van der Waals surface area contributed by atoms with Gasteiger partial charge in [0.05, 0.1) is 12.6 Å². The van der Waals surface area contributed by atoms with Crippen LogP contribution in [0.4, 0.5) is 10.1 Å². The lowest BCUT2D eigenvalue weighted by Crippen LogP contribution is -2.17. The van der Waals surface area contributed by atoms with Gasteiger partial charge in [-0.3, -0.25) is 0 Å². The van der Waals surface area contributed by atoms with Crippen molar-refractivity contribution in [1.29, 1.82) is 0 Å². The van der Waals surface area contributed by atoms with E-state index in [4.69, 9.17) is 10.5 Å². The van der Waals surface area contributed by atoms with Crippen LogP contribution in [0.5, 0.6) is 0 Å². The first-order chi connectivity index (χ1) is 9.22. The zero-order valence-electron chi connectivity index (χ0n) is 10.3. The minimum Gasteiger partial charge on any atom is -0.399 e. The van der Waals surface area contributed by atoms with E-state index in [1.165, 1.54) is 12.1 Å². The number of tetrazole rings is 1. The highest BCUT2D eigenvalue weighted by atomic mass is 19.1. The zero-order chi connectivity index (χ0) is 13.2. The number of nitrogens with two attached hydrogens (primary N) is 1. The maximum atomic E-state index is 13.4. The van der Waals surface area contributed by atoms with E-state index in [0.717, 1.165) is 19.4 Å². The van der Waals surface area contributed by atoms with Gasteiger partial charge in [0.25, 0.3) is 0 Å². The summed E-state index contributed by atoms with van der Waals surface area (Å²) >= 11 is 0. The first-order valence-corrected chi connectivity index (χ1v) is 6.16. The molecule has 0 radical (unpaired) electrons. The van der Waals surface area contributed by atoms with E-state index in [1.807, 2.05) is 0 Å². The van der Waals surface area contributed by atoms with E-state index in [1.54, 1.807) is 10.7 Å². The molecule has 7 heteroatoms. The molecule has 1 unspecified atom stereocenters. The molecule has 2 heterocycles. The molecule has 1 aliphatic heterocycles. The lowest BCUT2D eigenvalue weighted by molar-refractivity contribution is 0.0939. The fourth-order valence-electron chi connectivity index (χ4n) is 2.26. The highest BCUT2D eigenvalue weighted by Crippen LogP contribution is 2.22. The largest absolute Gasteiger partial charge is 0.399 e. The molecule has 1 atom stereocenters. The van der Waals surface area contributed by atoms with Crippen LogP contribution in [0.3, 0.4) is 0 Å². The van der Waals surface area contributed by atoms with Crippen LogP contribution in [0, 0.1) is 5.82 Å². The monoisotopic (exact) mass is 263 g/mol. The second kappa shape index (κ2) is 4.93. The SMILES string of the molecule is Nc1cc(F)cc(-c2nnnn2CC2CCCO2)c1. The summed E-state index contributed by atoms with van der Waals surface area (Å²) in [4.78, 5) is 0. The number of benzene rings is 1. The van der Waals surface area contributed by atoms with Crippen molar-refractivity contribution in [3.8, 4) is 11.4 Å². The van der Waals surface area contributed by atoms with Crippen LogP contribution < -0.4 is 5.73 Å². The van der Waals surface area contributed by atoms with Gasteiger partial charge in [0.15, 0.2) is 5.82 Å². The van der Waals surface area contributed by atoms with Crippen LogP contribution in [0.25, 0.3) is 11.4 Å². The van der Waals surface area contributed by atoms with Crippen LogP contribution in [-0.2, 0) is 11.3 Å². The Morgan fingerprint density at radius 2 is 2.32 bits per heavy atom. The highest BCUT2D eigenvalue weighted by molar-refractivity contribution is 5.61. The van der Waals surface area contributed by atoms with E-state index in [2.05, 4.69) is 15.5 Å². The van der Waals surface area contributed by atoms with Gasteiger partial charge in [-0.1, -0.05) is 0 Å². The second-order valence-corrected chi connectivity index (χ2v) is 4.59. The van der Waals surface area contributed by atoms with Crippen molar-refractivity contribution in [3.63, 3.8) is 0 Å². The van der Waals surface area contributed by atoms with Gasteiger partial charge >= 0.3 is 0 Å². The Balaban J connectivity index is 1.90. The smallest absolute Gasteiger partial charge is 0.182 e. The number of hydrogen-bond donors (Lipinski definition) is 1. The molecule has 0 saturated carbocycles. The Bertz CT molecular complexity index is 559. The molecular formula is C12H14FN5O. The standard InChI is InChI=1S/C12H14FN5O/c13-9-4-8(5-10(14)6-9)12-15-16-17-18(12)7-11-2-1-3-19-11/h4-6,11H,1-3,7,14H2. The van der Waals surface area contributed by atoms with Crippen LogP contribution in [0.1, 0.15) is 12.8 Å². The topological polar surface area (TPSA) is 78.9 Å². The predicted molar refractivity (Wildman–Crippen MR) is 66.6 cm³/mol. The number of rotatable bonds is 3. The van der Waals surface area contributed by atoms with Crippen molar-refractivity contribution in [3.05, 3.63) is 24.0 Å². The van der Waals surface area contributed by atoms with Crippen LogP contribution in [0.2, 0.25) is 0 Å². The van der Waals surface area contributed by atoms with Gasteiger partial charge in [0.2, 0.25) is 0 Å². The first kappa shape index (κ1) is 12.0. The maximum Gasteiger partial charge on any atom is 0.182 e. The van der Waals surface area contributed by atoms with Crippen molar-refractivity contribution in [2.24, 2.45) is 0 Å². The van der Waals surface area contributed by atoms with Gasteiger partial charge in [-0.25, -0.2) is 9.07 Å². The van der Waals surface area contributed by atoms with Crippen molar-refractivity contribution < 1.29 is 9.13 Å². The molecule has 100 valence electrons. The summed E-state index contributed by atoms with van der Waals surface area (Å²) in [6, 6.07) is 4.28. The zero-order valence-corrected chi connectivity index (χ0v) is 10.3. The number of aromatic nitrogens is 4. The predicted octanol–water partition coefficient (Wildman–Crippen LogP) is 1.24. The molecule has 3 rings (SSSR count). The summed E-state index contributed by atoms with van der Waals surface area (Å²) in [5.41, 5.74) is 6.56. The summed E-state index contributed by atoms with van der Waals surface area (Å²) in [5.74, 6) is 0.100. The molecule has 1 saturated heterocycles. The van der Waals surface area contributed by atoms with Gasteiger partial charge in [0, 0.05) is 17.9 Å². The third kappa shape index (κ3) is 2.55. The average Bonchev–Trinajstić information content (AvgIpc) is 2.99. The third-order valence-corrected chi connectivity index (χ3v) is 3.11. The van der Waals surface area contributed by atoms with Crippen molar-refractivity contribution in [2.75, 3.05) is 12.3 Å². The number of anilines is 1. The summed E-state index contributed by atoms with van der Waals surface area (Å²) in [6.45, 7) is 1.34. The summed E-state index contributed by atoms with van der Waals surface area (Å²) in [5, 5.41) is 11.5. The molecule has 2 N–H and O–H groups in total. The molecule has 6 nitrogen and oxygen atoms in total. The highest BCUT2D eigenvalue weighted by Gasteiger charge is 2.19. The van der Waals surface area contributed by atoms with Crippen LogP contribution in [-0.4, -0.2) is 32.9 Å². The number of ether oxygens (including phenoxy) is 1. The Hall–Kier alpha value is -2.02. The lowest BCUT2D eigenvalue weighted by Gasteiger charge is -2.10. The average molecular weight is 263 g/mol. The van der Waals surface area contributed by atoms with Gasteiger partial charge in [-0.15, -0.1) is 5.10 Å². The number of hydrogen-bond acceptors (Lipinski definition) is 5. The van der Waals surface area contributed by atoms with Crippen molar-refractivity contribution >= 4 is 5.69 Å². The van der Waals surface area contributed by atoms with E-state index in [-0.39, 0.29) is 6.10 Å². The summed E-state index contributed by atoms with van der Waals surface area (Å²) in [6.07, 6.45) is 2.16. The Morgan fingerprint density at radius 1 is 1.42 bits per heavy atom. The normalized spacial score (nSPS) is 18.9. The molecule has 1 fully saturated rings. The molecule has 2 aromatic rings. The second-order valence-electron chi connectivity index (χ2n) is 4.59. The van der Waals surface area contributed by atoms with E-state index >= 15 is 0 Å². The summed E-state index contributed by atoms with van der Waals surface area (Å²) < 4.78 is 20.6. The number of halogens is 1. The molecule has 1 aromatic carbocycles. The number of nitrogen functional groups attached to an aromatic ring is 1. The fourth-order valence-corrected chi connectivity index (χ4v) is 2.26. The molecule has 0 spiro atoms. The van der Waals surface area contributed by atoms with Gasteiger partial charge in [-0.05, 0) is 41.5 Å². The van der Waals surface area contributed by atoms with E-state index in [9.17, 15) is 4.39 Å². The molecule has 0 bridgehead atoms. The minimum atomic E-state index is -0.401. The quantitative estimate of drug-likeness (QED) is 0.843. The van der Waals surface area contributed by atoms with Crippen molar-refractivity contribution in [1.82, 2.24) is 20.2 Å². The van der Waals surface area contributed by atoms with E-state index < -0.39 is 5.82 Å². The molecule has 0 amide bonds. The van der Waals surface area contributed by atoms with Crippen LogP contribution in [0.15, 0.2) is 18.2 Å². The molecule has 1 aromatic heterocycles. The Morgan fingerprint density at radius 3 is 3.05 bits per heavy atom. The lowest BCUT2D eigenvalue weighted by atomic mass is 10.2. The van der Waals surface area contributed by atoms with Gasteiger partial charge in [-0.2, -0.15) is 0 Å². The van der Waals surface area contributed by atoms with Gasteiger partial charge < -0.3 is 10.5 Å². The molecule has 19 heavy (non-hydrogen) atoms. The fraction of sp³-hybridized carbons (Fsp3) is 0.417. The third-order valence-electron chi connectivity index (χ3n) is 3.11. The maximum absolute atomic E-state index is 13.4. The molecular weight excluding hydrogens is 249 g/mol. The first-order valence-electron chi connectivity index (χ1n) is 6.16. The summed E-state index contributed by atoms with van der Waals surface area (Å²) in [7, 11) is 0. The number of nitrogens with zero attached hydrogens (tertiary/aromatic N) is 4. The Labute approximate surface area is 109 Å². The van der Waals surface area contributed by atoms with Crippen molar-refractivity contribution in [2.45, 2.75) is 25.5 Å².